The Labute approximate surface area is 183 Å². The van der Waals surface area contributed by atoms with Gasteiger partial charge in [-0.2, -0.15) is 0 Å². The molecular weight excluding hydrogens is 392 g/mol. The third-order valence-corrected chi connectivity index (χ3v) is 6.11. The Kier molecular flexibility index (Phi) is 7.17. The van der Waals surface area contributed by atoms with Crippen molar-refractivity contribution in [3.05, 3.63) is 54.5 Å². The van der Waals surface area contributed by atoms with Gasteiger partial charge in [0.25, 0.3) is 0 Å². The summed E-state index contributed by atoms with van der Waals surface area (Å²) >= 11 is 0. The highest BCUT2D eigenvalue weighted by Gasteiger charge is 2.49. The number of nitrogens with one attached hydrogen (secondary N) is 1. The molecule has 3 heterocycles. The zero-order valence-corrected chi connectivity index (χ0v) is 18.3. The molecule has 0 bridgehead atoms. The van der Waals surface area contributed by atoms with Crippen LogP contribution in [0.2, 0.25) is 0 Å². The van der Waals surface area contributed by atoms with E-state index >= 15 is 0 Å². The molecule has 4 atom stereocenters. The SMILES string of the molecule is CC.OCC1CC(n2ccc3c(NCCCc4ccccc4)ncnc32)C2OCOC12. The number of hydrogen-bond acceptors (Lipinski definition) is 6. The summed E-state index contributed by atoms with van der Waals surface area (Å²) in [6.45, 7) is 5.26. The molecule has 1 aliphatic heterocycles. The van der Waals surface area contributed by atoms with E-state index in [9.17, 15) is 5.11 Å². The number of anilines is 1. The molecule has 4 unspecified atom stereocenters. The zero-order valence-electron chi connectivity index (χ0n) is 18.3. The molecule has 1 saturated heterocycles. The molecule has 7 heteroatoms. The fourth-order valence-corrected chi connectivity index (χ4v) is 4.67. The molecule has 0 amide bonds. The Morgan fingerprint density at radius 1 is 1.10 bits per heavy atom. The minimum absolute atomic E-state index is 0.0417. The van der Waals surface area contributed by atoms with Crippen molar-refractivity contribution < 1.29 is 14.6 Å². The van der Waals surface area contributed by atoms with E-state index in [-0.39, 0.29) is 30.8 Å². The van der Waals surface area contributed by atoms with E-state index in [1.807, 2.05) is 19.9 Å². The van der Waals surface area contributed by atoms with Gasteiger partial charge in [0.1, 0.15) is 30.7 Å². The maximum atomic E-state index is 9.71. The lowest BCUT2D eigenvalue weighted by Crippen LogP contribution is -2.27. The van der Waals surface area contributed by atoms with Crippen LogP contribution in [0.1, 0.15) is 38.3 Å². The van der Waals surface area contributed by atoms with Gasteiger partial charge >= 0.3 is 0 Å². The number of ether oxygens (including phenoxy) is 2. The number of fused-ring (bicyclic) bond motifs is 2. The van der Waals surface area contributed by atoms with Crippen LogP contribution in [0, 0.1) is 5.92 Å². The second kappa shape index (κ2) is 10.2. The first-order valence-electron chi connectivity index (χ1n) is 11.3. The van der Waals surface area contributed by atoms with Gasteiger partial charge in [-0.3, -0.25) is 0 Å². The molecule has 1 saturated carbocycles. The third kappa shape index (κ3) is 4.44. The smallest absolute Gasteiger partial charge is 0.147 e. The van der Waals surface area contributed by atoms with Crippen molar-refractivity contribution in [1.29, 1.82) is 0 Å². The molecule has 2 aromatic heterocycles. The first-order valence-corrected chi connectivity index (χ1v) is 11.3. The summed E-state index contributed by atoms with van der Waals surface area (Å²) < 4.78 is 13.7. The normalized spacial score (nSPS) is 24.6. The fraction of sp³-hybridized carbons (Fsp3) is 0.500. The molecular formula is C24H32N4O3. The molecule has 166 valence electrons. The van der Waals surface area contributed by atoms with E-state index in [0.717, 1.165) is 42.7 Å². The number of aliphatic hydroxyl groups is 1. The highest BCUT2D eigenvalue weighted by atomic mass is 16.7. The molecule has 7 nitrogen and oxygen atoms in total. The third-order valence-electron chi connectivity index (χ3n) is 6.11. The highest BCUT2D eigenvalue weighted by molar-refractivity contribution is 5.87. The van der Waals surface area contributed by atoms with E-state index in [1.165, 1.54) is 5.56 Å². The molecule has 0 spiro atoms. The van der Waals surface area contributed by atoms with Gasteiger partial charge in [0.2, 0.25) is 0 Å². The van der Waals surface area contributed by atoms with Crippen LogP contribution in [0.4, 0.5) is 5.82 Å². The van der Waals surface area contributed by atoms with Gasteiger partial charge in [0, 0.05) is 25.3 Å². The Morgan fingerprint density at radius 3 is 2.71 bits per heavy atom. The number of aliphatic hydroxyl groups excluding tert-OH is 1. The number of nitrogens with zero attached hydrogens (tertiary/aromatic N) is 3. The molecule has 0 radical (unpaired) electrons. The van der Waals surface area contributed by atoms with Gasteiger partial charge in [-0.1, -0.05) is 44.2 Å². The second-order valence-corrected chi connectivity index (χ2v) is 7.82. The molecule has 3 aromatic rings. The second-order valence-electron chi connectivity index (χ2n) is 7.82. The van der Waals surface area contributed by atoms with Gasteiger partial charge < -0.3 is 24.5 Å². The molecule has 1 aliphatic carbocycles. The molecule has 2 aliphatic rings. The van der Waals surface area contributed by atoms with E-state index in [4.69, 9.17) is 9.47 Å². The van der Waals surface area contributed by atoms with Crippen LogP contribution in [0.15, 0.2) is 48.9 Å². The fourth-order valence-electron chi connectivity index (χ4n) is 4.67. The quantitative estimate of drug-likeness (QED) is 0.562. The number of benzene rings is 1. The summed E-state index contributed by atoms with van der Waals surface area (Å²) in [5, 5.41) is 14.2. The van der Waals surface area contributed by atoms with Gasteiger partial charge in [0.05, 0.1) is 17.5 Å². The number of aryl methyl sites for hydroxylation is 1. The van der Waals surface area contributed by atoms with E-state index in [1.54, 1.807) is 6.33 Å². The maximum absolute atomic E-state index is 9.71. The first kappa shape index (κ1) is 21.7. The molecule has 5 rings (SSSR count). The van der Waals surface area contributed by atoms with Crippen molar-refractivity contribution >= 4 is 16.9 Å². The van der Waals surface area contributed by atoms with Crippen LogP contribution in [0.25, 0.3) is 11.0 Å². The van der Waals surface area contributed by atoms with E-state index in [2.05, 4.69) is 56.4 Å². The van der Waals surface area contributed by atoms with Gasteiger partial charge in [0.15, 0.2) is 0 Å². The molecule has 2 fully saturated rings. The topological polar surface area (TPSA) is 81.4 Å². The standard InChI is InChI=1S/C22H26N4O3.C2H6/c27-12-16-11-18(20-19(16)28-14-29-20)26-10-8-17-21(24-13-25-22(17)26)23-9-4-7-15-5-2-1-3-6-15;1-2/h1-3,5-6,8,10,13,16,18-20,27H,4,7,9,11-12,14H2,(H,23,24,25);1-2H3. The Hall–Kier alpha value is -2.48. The van der Waals surface area contributed by atoms with Gasteiger partial charge in [-0.15, -0.1) is 0 Å². The van der Waals surface area contributed by atoms with Crippen LogP contribution in [0.5, 0.6) is 0 Å². The van der Waals surface area contributed by atoms with Crippen molar-refractivity contribution in [2.75, 3.05) is 25.3 Å². The van der Waals surface area contributed by atoms with Crippen LogP contribution in [0.3, 0.4) is 0 Å². The lowest BCUT2D eigenvalue weighted by molar-refractivity contribution is 0.00251. The van der Waals surface area contributed by atoms with Crippen LogP contribution in [-0.2, 0) is 15.9 Å². The van der Waals surface area contributed by atoms with E-state index < -0.39 is 0 Å². The van der Waals surface area contributed by atoms with Crippen LogP contribution < -0.4 is 5.32 Å². The molecule has 2 N–H and O–H groups in total. The Balaban J connectivity index is 0.00000112. The summed E-state index contributed by atoms with van der Waals surface area (Å²) in [5.74, 6) is 0.959. The van der Waals surface area contributed by atoms with Crippen molar-refractivity contribution in [2.45, 2.75) is 51.4 Å². The van der Waals surface area contributed by atoms with Crippen LogP contribution >= 0.6 is 0 Å². The monoisotopic (exact) mass is 424 g/mol. The molecule has 1 aromatic carbocycles. The summed E-state index contributed by atoms with van der Waals surface area (Å²) in [5.41, 5.74) is 2.24. The van der Waals surface area contributed by atoms with Crippen LogP contribution in [-0.4, -0.2) is 51.8 Å². The van der Waals surface area contributed by atoms with Gasteiger partial charge in [-0.25, -0.2) is 9.97 Å². The van der Waals surface area contributed by atoms with Gasteiger partial charge in [-0.05, 0) is 30.9 Å². The predicted molar refractivity (Wildman–Crippen MR) is 121 cm³/mol. The predicted octanol–water partition coefficient (Wildman–Crippen LogP) is 3.80. The van der Waals surface area contributed by atoms with E-state index in [0.29, 0.717) is 6.79 Å². The minimum Gasteiger partial charge on any atom is -0.396 e. The number of hydrogen-bond donors (Lipinski definition) is 2. The number of rotatable bonds is 7. The zero-order chi connectivity index (χ0) is 21.6. The average molecular weight is 425 g/mol. The number of aromatic nitrogens is 3. The highest BCUT2D eigenvalue weighted by Crippen LogP contribution is 2.43. The Bertz CT molecular complexity index is 962. The van der Waals surface area contributed by atoms with Crippen molar-refractivity contribution in [2.24, 2.45) is 5.92 Å². The molecule has 31 heavy (non-hydrogen) atoms. The lowest BCUT2D eigenvalue weighted by atomic mass is 10.1. The largest absolute Gasteiger partial charge is 0.396 e. The maximum Gasteiger partial charge on any atom is 0.147 e. The summed E-state index contributed by atoms with van der Waals surface area (Å²) in [4.78, 5) is 9.00. The minimum atomic E-state index is -0.0418. The lowest BCUT2D eigenvalue weighted by Gasteiger charge is -2.19. The summed E-state index contributed by atoms with van der Waals surface area (Å²) in [6, 6.07) is 12.7. The summed E-state index contributed by atoms with van der Waals surface area (Å²) in [7, 11) is 0. The van der Waals surface area contributed by atoms with Crippen molar-refractivity contribution in [3.8, 4) is 0 Å². The average Bonchev–Trinajstić information content (AvgIpc) is 3.54. The van der Waals surface area contributed by atoms with Crippen molar-refractivity contribution in [3.63, 3.8) is 0 Å². The van der Waals surface area contributed by atoms with Crippen molar-refractivity contribution in [1.82, 2.24) is 14.5 Å². The summed E-state index contributed by atoms with van der Waals surface area (Å²) in [6.07, 6.45) is 6.47. The Morgan fingerprint density at radius 2 is 1.90 bits per heavy atom. The first-order chi connectivity index (χ1) is 15.3.